The molecule has 2 aromatic carbocycles. The number of hydrogen-bond acceptors (Lipinski definition) is 15. The van der Waals surface area contributed by atoms with Gasteiger partial charge in [-0.1, -0.05) is 24.3 Å². The molecular weight excluding hydrogens is 610 g/mol. The van der Waals surface area contributed by atoms with Gasteiger partial charge in [0, 0.05) is 24.2 Å². The Morgan fingerprint density at radius 3 is 1.22 bits per heavy atom. The number of carboxylic acids is 4. The molecule has 0 spiro atoms. The number of carboxylic acid groups (broad SMARTS) is 4. The second kappa shape index (κ2) is 25.8. The Balaban J connectivity index is -0.000000626. The largest absolute Gasteiger partial charge is 0.504 e. The number of para-hydroxylation sites is 2. The van der Waals surface area contributed by atoms with Gasteiger partial charge < -0.3 is 45.8 Å². The van der Waals surface area contributed by atoms with Crippen molar-refractivity contribution >= 4 is 36.2 Å². The quantitative estimate of drug-likeness (QED) is 0.123. The highest BCUT2D eigenvalue weighted by atomic mass is 16.4. The van der Waals surface area contributed by atoms with Crippen LogP contribution >= 0.6 is 0 Å². The summed E-state index contributed by atoms with van der Waals surface area (Å²) in [7, 11) is 3.62. The molecule has 19 heteroatoms. The van der Waals surface area contributed by atoms with Crippen molar-refractivity contribution in [2.45, 2.75) is 13.1 Å². The first kappa shape index (κ1) is 43.6. The predicted molar refractivity (Wildman–Crippen MR) is 146 cm³/mol. The Morgan fingerprint density at radius 1 is 0.622 bits per heavy atom. The molecule has 0 aliphatic heterocycles. The van der Waals surface area contributed by atoms with Gasteiger partial charge in [-0.3, -0.25) is 29.4 Å². The Hall–Kier alpha value is -5.84. The molecule has 0 amide bonds. The van der Waals surface area contributed by atoms with Crippen molar-refractivity contribution in [2.24, 2.45) is 0 Å². The van der Waals surface area contributed by atoms with Crippen molar-refractivity contribution in [1.29, 1.82) is 0 Å². The zero-order valence-corrected chi connectivity index (χ0v) is 23.9. The predicted octanol–water partition coefficient (Wildman–Crippen LogP) is -1.19. The van der Waals surface area contributed by atoms with Gasteiger partial charge in [-0.25, -0.2) is 0 Å². The van der Waals surface area contributed by atoms with Crippen LogP contribution < -0.4 is 5.32 Å². The van der Waals surface area contributed by atoms with Crippen LogP contribution in [-0.4, -0.2) is 127 Å². The summed E-state index contributed by atoms with van der Waals surface area (Å²) >= 11 is 0. The minimum atomic E-state index is -1.17. The summed E-state index contributed by atoms with van der Waals surface area (Å²) in [5.74, 6) is -5.26. The Bertz CT molecular complexity index is 1220. The highest BCUT2D eigenvalue weighted by molar-refractivity contribution is 5.73. The van der Waals surface area contributed by atoms with E-state index >= 15 is 0 Å². The molecule has 0 aliphatic rings. The van der Waals surface area contributed by atoms with Gasteiger partial charge >= 0.3 is 36.2 Å². The van der Waals surface area contributed by atoms with Gasteiger partial charge in [0.25, 0.3) is 0 Å². The number of aromatic hydroxyl groups is 4. The topological polar surface area (TPSA) is 317 Å². The number of carbonyl (C=O) groups excluding carboxylic acids is 4. The Morgan fingerprint density at radius 2 is 0.956 bits per heavy atom. The van der Waals surface area contributed by atoms with E-state index in [2.05, 4.69) is 5.32 Å². The average Bonchev–Trinajstić information content (AvgIpc) is 2.90. The van der Waals surface area contributed by atoms with E-state index < -0.39 is 37.0 Å². The van der Waals surface area contributed by atoms with Gasteiger partial charge in [-0.05, 0) is 26.2 Å². The molecule has 0 bridgehead atoms. The van der Waals surface area contributed by atoms with Crippen molar-refractivity contribution < 1.29 is 79.2 Å². The molecule has 2 rings (SSSR count). The van der Waals surface area contributed by atoms with Crippen LogP contribution in [0.2, 0.25) is 0 Å². The summed E-state index contributed by atoms with van der Waals surface area (Å²) in [5.41, 5.74) is 0.789. The zero-order valence-electron chi connectivity index (χ0n) is 23.9. The van der Waals surface area contributed by atoms with Crippen LogP contribution in [0.4, 0.5) is 0 Å². The lowest BCUT2D eigenvalue weighted by molar-refractivity contribution is -0.193. The lowest BCUT2D eigenvalue weighted by Crippen LogP contribution is -2.34. The second-order valence-corrected chi connectivity index (χ2v) is 8.30. The highest BCUT2D eigenvalue weighted by Crippen LogP contribution is 2.34. The van der Waals surface area contributed by atoms with Crippen molar-refractivity contribution in [1.82, 2.24) is 15.1 Å². The van der Waals surface area contributed by atoms with E-state index in [1.54, 1.807) is 24.3 Å². The van der Waals surface area contributed by atoms with Crippen molar-refractivity contribution in [2.75, 3.05) is 40.3 Å². The number of aliphatic carboxylic acids is 4. The number of phenols is 4. The minimum absolute atomic E-state index is 0.0764. The van der Waals surface area contributed by atoms with E-state index in [4.69, 9.17) is 49.8 Å². The normalized spacial score (nSPS) is 9.16. The summed E-state index contributed by atoms with van der Waals surface area (Å²) < 4.78 is 0. The lowest BCUT2D eigenvalue weighted by atomic mass is 10.1. The average molecular weight is 644 g/mol. The maximum atomic E-state index is 10.8. The first-order chi connectivity index (χ1) is 21.0. The standard InChI is InChI=1S/C14H20N2O6.C6H6O2.C4H7NO4.2CO2/c1-15(2)5-9-3-4-10(14(22)13(9)21)6-16(7-11(17)18)8-12(19)20;7-5-3-1-2-4-6(5)8;6-3(7)1-5-2-4(8)9;2*2-1-3/h3-4,21-22H,5-8H2,1-2H3,(H,17,18)(H,19,20);1-4,7-8H;5H,1-2H2,(H,6,7)(H,8,9);;. The number of carbonyl (C=O) groups is 4. The SMILES string of the molecule is CN(C)Cc1ccc(CN(CC(=O)O)CC(=O)O)c(O)c1O.O=C(O)CNCC(=O)O.O=C=O.O=C=O.Oc1ccccc1O. The van der Waals surface area contributed by atoms with Gasteiger partial charge in [0.05, 0.1) is 26.2 Å². The van der Waals surface area contributed by atoms with Crippen LogP contribution in [0, 0.1) is 0 Å². The third-order valence-electron chi connectivity index (χ3n) is 4.35. The number of phenolic OH excluding ortho intramolecular Hbond substituents is 4. The molecule has 0 saturated carbocycles. The van der Waals surface area contributed by atoms with E-state index in [0.29, 0.717) is 12.1 Å². The maximum Gasteiger partial charge on any atom is 0.373 e. The summed E-state index contributed by atoms with van der Waals surface area (Å²) in [5, 5.41) is 73.0. The number of benzene rings is 2. The number of nitrogens with zero attached hydrogens (tertiary/aromatic N) is 2. The van der Waals surface area contributed by atoms with Crippen LogP contribution in [0.3, 0.4) is 0 Å². The van der Waals surface area contributed by atoms with Crippen LogP contribution in [0.1, 0.15) is 11.1 Å². The number of rotatable bonds is 12. The molecule has 45 heavy (non-hydrogen) atoms. The van der Waals surface area contributed by atoms with Crippen LogP contribution in [0.15, 0.2) is 36.4 Å². The van der Waals surface area contributed by atoms with Gasteiger partial charge in [0.1, 0.15) is 0 Å². The fourth-order valence-corrected chi connectivity index (χ4v) is 2.79. The third kappa shape index (κ3) is 25.6. The molecular formula is C26H33N3O16. The molecule has 9 N–H and O–H groups in total. The third-order valence-corrected chi connectivity index (χ3v) is 4.35. The molecule has 0 heterocycles. The monoisotopic (exact) mass is 643 g/mol. The van der Waals surface area contributed by atoms with Gasteiger partial charge in [-0.2, -0.15) is 19.2 Å². The van der Waals surface area contributed by atoms with E-state index in [9.17, 15) is 29.4 Å². The molecule has 0 atom stereocenters. The fraction of sp³-hybridized carbons (Fsp3) is 0.308. The van der Waals surface area contributed by atoms with Gasteiger partial charge in [-0.15, -0.1) is 0 Å². The second-order valence-electron chi connectivity index (χ2n) is 8.30. The molecule has 0 aliphatic carbocycles. The van der Waals surface area contributed by atoms with Gasteiger partial charge in [0.15, 0.2) is 23.0 Å². The van der Waals surface area contributed by atoms with E-state index in [1.165, 1.54) is 12.1 Å². The van der Waals surface area contributed by atoms with E-state index in [1.807, 2.05) is 19.0 Å². The molecule has 0 fully saturated rings. The maximum absolute atomic E-state index is 10.8. The van der Waals surface area contributed by atoms with Crippen molar-refractivity contribution in [3.05, 3.63) is 47.5 Å². The molecule has 0 radical (unpaired) electrons. The highest BCUT2D eigenvalue weighted by Gasteiger charge is 2.18. The number of nitrogens with one attached hydrogen (secondary N) is 1. The summed E-state index contributed by atoms with van der Waals surface area (Å²) in [4.78, 5) is 76.4. The first-order valence-electron chi connectivity index (χ1n) is 11.9. The lowest BCUT2D eigenvalue weighted by Gasteiger charge is -2.20. The molecule has 19 nitrogen and oxygen atoms in total. The van der Waals surface area contributed by atoms with Crippen LogP contribution in [-0.2, 0) is 51.4 Å². The summed E-state index contributed by atoms with van der Waals surface area (Å²) in [6.45, 7) is -1.26. The van der Waals surface area contributed by atoms with Crippen molar-refractivity contribution in [3.8, 4) is 23.0 Å². The summed E-state index contributed by atoms with van der Waals surface area (Å²) in [6.07, 6.45) is 0.500. The molecule has 0 saturated heterocycles. The first-order valence-corrected chi connectivity index (χ1v) is 11.9. The van der Waals surface area contributed by atoms with Crippen molar-refractivity contribution in [3.63, 3.8) is 0 Å². The molecule has 248 valence electrons. The molecule has 2 aromatic rings. The number of hydrogen-bond donors (Lipinski definition) is 9. The zero-order chi connectivity index (χ0) is 35.5. The van der Waals surface area contributed by atoms with Gasteiger partial charge in [0.2, 0.25) is 0 Å². The van der Waals surface area contributed by atoms with Crippen LogP contribution in [0.25, 0.3) is 0 Å². The Labute approximate surface area is 254 Å². The smallest absolute Gasteiger partial charge is 0.373 e. The summed E-state index contributed by atoms with van der Waals surface area (Å²) in [6, 6.07) is 9.31. The van der Waals surface area contributed by atoms with E-state index in [0.717, 1.165) is 4.90 Å². The fourth-order valence-electron chi connectivity index (χ4n) is 2.79. The minimum Gasteiger partial charge on any atom is -0.504 e. The molecule has 0 unspecified atom stereocenters. The Kier molecular flexibility index (Phi) is 25.0. The van der Waals surface area contributed by atoms with Crippen LogP contribution in [0.5, 0.6) is 23.0 Å². The molecule has 0 aromatic heterocycles. The van der Waals surface area contributed by atoms with E-state index in [-0.39, 0.29) is 60.5 Å².